The fourth-order valence-corrected chi connectivity index (χ4v) is 2.69. The van der Waals surface area contributed by atoms with Gasteiger partial charge in [0.2, 0.25) is 5.91 Å². The number of benzene rings is 2. The van der Waals surface area contributed by atoms with Gasteiger partial charge in [0, 0.05) is 18.5 Å². The Kier molecular flexibility index (Phi) is 7.40. The third-order valence-corrected chi connectivity index (χ3v) is 4.07. The van der Waals surface area contributed by atoms with Crippen LogP contribution in [0.3, 0.4) is 0 Å². The number of nitrogens with one attached hydrogen (secondary N) is 2. The molecule has 2 N–H and O–H groups in total. The molecule has 0 fully saturated rings. The molecule has 150 valence electrons. The largest absolute Gasteiger partial charge is 0.444 e. The molecule has 0 bridgehead atoms. The Morgan fingerprint density at radius 2 is 1.79 bits per heavy atom. The molecule has 0 aromatic heterocycles. The summed E-state index contributed by atoms with van der Waals surface area (Å²) in [5.41, 5.74) is 0.436. The fourth-order valence-electron chi connectivity index (χ4n) is 2.50. The topological polar surface area (TPSA) is 67.4 Å². The number of alkyl carbamates (subject to hydrolysis) is 1. The smallest absolute Gasteiger partial charge is 0.408 e. The van der Waals surface area contributed by atoms with Gasteiger partial charge in [-0.25, -0.2) is 9.18 Å². The van der Waals surface area contributed by atoms with Crippen molar-refractivity contribution in [2.45, 2.75) is 45.4 Å². The zero-order valence-electron chi connectivity index (χ0n) is 16.1. The van der Waals surface area contributed by atoms with Crippen LogP contribution in [-0.4, -0.2) is 23.6 Å². The summed E-state index contributed by atoms with van der Waals surface area (Å²) >= 11 is 5.77. The lowest BCUT2D eigenvalue weighted by Crippen LogP contribution is -2.49. The maximum absolute atomic E-state index is 14.0. The molecule has 2 amide bonds. The van der Waals surface area contributed by atoms with E-state index in [-0.39, 0.29) is 23.6 Å². The van der Waals surface area contributed by atoms with E-state index in [4.69, 9.17) is 16.3 Å². The summed E-state index contributed by atoms with van der Waals surface area (Å²) in [5, 5.41) is 5.22. The van der Waals surface area contributed by atoms with Crippen molar-refractivity contribution in [3.05, 3.63) is 70.5 Å². The number of hydrogen-bond donors (Lipinski definition) is 2. The predicted molar refractivity (Wildman–Crippen MR) is 107 cm³/mol. The van der Waals surface area contributed by atoms with E-state index in [1.165, 1.54) is 12.1 Å². The molecule has 0 saturated carbocycles. The number of hydrogen-bond acceptors (Lipinski definition) is 3. The van der Waals surface area contributed by atoms with Gasteiger partial charge in [-0.05, 0) is 32.4 Å². The number of ether oxygens (including phenoxy) is 1. The number of amides is 2. The van der Waals surface area contributed by atoms with E-state index in [2.05, 4.69) is 10.6 Å². The van der Waals surface area contributed by atoms with Gasteiger partial charge in [0.25, 0.3) is 0 Å². The minimum atomic E-state index is -0.875. The Hall–Kier alpha value is -2.60. The highest BCUT2D eigenvalue weighted by Gasteiger charge is 2.24. The van der Waals surface area contributed by atoms with Gasteiger partial charge in [-0.2, -0.15) is 0 Å². The number of carbonyl (C=O) groups is 2. The fraction of sp³-hybridized carbons (Fsp3) is 0.333. The van der Waals surface area contributed by atoms with Crippen LogP contribution in [0.25, 0.3) is 0 Å². The van der Waals surface area contributed by atoms with E-state index >= 15 is 0 Å². The molecule has 1 atom stereocenters. The van der Waals surface area contributed by atoms with Gasteiger partial charge >= 0.3 is 6.09 Å². The molecule has 0 aliphatic rings. The van der Waals surface area contributed by atoms with Crippen LogP contribution < -0.4 is 10.6 Å². The van der Waals surface area contributed by atoms with Crippen molar-refractivity contribution in [2.75, 3.05) is 0 Å². The van der Waals surface area contributed by atoms with Crippen molar-refractivity contribution in [3.63, 3.8) is 0 Å². The van der Waals surface area contributed by atoms with Gasteiger partial charge in [0.1, 0.15) is 17.5 Å². The molecule has 0 aliphatic carbocycles. The average molecular weight is 407 g/mol. The molecule has 2 rings (SSSR count). The Labute approximate surface area is 169 Å². The van der Waals surface area contributed by atoms with Crippen LogP contribution in [0.4, 0.5) is 9.18 Å². The van der Waals surface area contributed by atoms with Gasteiger partial charge in [-0.3, -0.25) is 4.79 Å². The lowest BCUT2D eigenvalue weighted by molar-refractivity contribution is -0.123. The second-order valence-corrected chi connectivity index (χ2v) is 7.73. The monoisotopic (exact) mass is 406 g/mol. The minimum absolute atomic E-state index is 0.0144. The molecular formula is C21H24ClFN2O3. The molecule has 0 saturated heterocycles. The van der Waals surface area contributed by atoms with Crippen LogP contribution >= 0.6 is 11.6 Å². The van der Waals surface area contributed by atoms with Crippen molar-refractivity contribution in [1.29, 1.82) is 0 Å². The normalized spacial score (nSPS) is 12.2. The zero-order chi connectivity index (χ0) is 20.7. The van der Waals surface area contributed by atoms with Crippen LogP contribution in [-0.2, 0) is 22.5 Å². The van der Waals surface area contributed by atoms with Crippen LogP contribution in [0.5, 0.6) is 0 Å². The summed E-state index contributed by atoms with van der Waals surface area (Å²) in [6.07, 6.45) is -0.429. The highest BCUT2D eigenvalue weighted by atomic mass is 35.5. The molecule has 7 heteroatoms. The van der Waals surface area contributed by atoms with E-state index in [9.17, 15) is 14.0 Å². The molecule has 0 aliphatic heterocycles. The summed E-state index contributed by atoms with van der Waals surface area (Å²) in [5.74, 6) is -1.03. The first kappa shape index (κ1) is 21.7. The molecule has 0 heterocycles. The SMILES string of the molecule is CC(C)(C)OC(=O)N[C@@H](Cc1ccccc1)C(=O)NCc1cccc(Cl)c1F. The van der Waals surface area contributed by atoms with Crippen LogP contribution in [0, 0.1) is 5.82 Å². The van der Waals surface area contributed by atoms with Crippen molar-refractivity contribution in [3.8, 4) is 0 Å². The molecule has 5 nitrogen and oxygen atoms in total. The molecule has 0 unspecified atom stereocenters. The van der Waals surface area contributed by atoms with Crippen LogP contribution in [0.1, 0.15) is 31.9 Å². The number of halogens is 2. The van der Waals surface area contributed by atoms with E-state index in [1.54, 1.807) is 26.8 Å². The summed E-state index contributed by atoms with van der Waals surface area (Å²) in [6, 6.07) is 13.0. The van der Waals surface area contributed by atoms with Crippen molar-refractivity contribution >= 4 is 23.6 Å². The van der Waals surface area contributed by atoms with Crippen molar-refractivity contribution in [2.24, 2.45) is 0 Å². The van der Waals surface area contributed by atoms with E-state index in [0.717, 1.165) is 5.56 Å². The zero-order valence-corrected chi connectivity index (χ0v) is 16.8. The Balaban J connectivity index is 2.09. The predicted octanol–water partition coefficient (Wildman–Crippen LogP) is 4.23. The first-order valence-electron chi connectivity index (χ1n) is 8.90. The third-order valence-electron chi connectivity index (χ3n) is 3.77. The second kappa shape index (κ2) is 9.55. The number of carbonyl (C=O) groups excluding carboxylic acids is 2. The van der Waals surface area contributed by atoms with Crippen LogP contribution in [0.2, 0.25) is 5.02 Å². The standard InChI is InChI=1S/C21H24ClFN2O3/c1-21(2,3)28-20(27)25-17(12-14-8-5-4-6-9-14)19(26)24-13-15-10-7-11-16(22)18(15)23/h4-11,17H,12-13H2,1-3H3,(H,24,26)(H,25,27)/t17-/m0/s1. The van der Waals surface area contributed by atoms with Crippen LogP contribution in [0.15, 0.2) is 48.5 Å². The summed E-state index contributed by atoms with van der Waals surface area (Å²) in [4.78, 5) is 24.8. The maximum atomic E-state index is 14.0. The van der Waals surface area contributed by atoms with Gasteiger partial charge < -0.3 is 15.4 Å². The Bertz CT molecular complexity index is 822. The lowest BCUT2D eigenvalue weighted by Gasteiger charge is -2.23. The average Bonchev–Trinajstić information content (AvgIpc) is 2.61. The number of rotatable bonds is 6. The Morgan fingerprint density at radius 3 is 2.43 bits per heavy atom. The third kappa shape index (κ3) is 6.85. The van der Waals surface area contributed by atoms with Crippen molar-refractivity contribution < 1.29 is 18.7 Å². The maximum Gasteiger partial charge on any atom is 0.408 e. The second-order valence-electron chi connectivity index (χ2n) is 7.32. The first-order valence-corrected chi connectivity index (χ1v) is 9.27. The lowest BCUT2D eigenvalue weighted by atomic mass is 10.1. The minimum Gasteiger partial charge on any atom is -0.444 e. The molecule has 0 spiro atoms. The van der Waals surface area contributed by atoms with Gasteiger partial charge in [0.15, 0.2) is 0 Å². The molecule has 0 radical (unpaired) electrons. The van der Waals surface area contributed by atoms with E-state index in [1.807, 2.05) is 30.3 Å². The van der Waals surface area contributed by atoms with Crippen molar-refractivity contribution in [1.82, 2.24) is 10.6 Å². The molecular weight excluding hydrogens is 383 g/mol. The van der Waals surface area contributed by atoms with Gasteiger partial charge in [-0.15, -0.1) is 0 Å². The van der Waals surface area contributed by atoms with Gasteiger partial charge in [0.05, 0.1) is 5.02 Å². The summed E-state index contributed by atoms with van der Waals surface area (Å²) < 4.78 is 19.3. The quantitative estimate of drug-likeness (QED) is 0.754. The first-order chi connectivity index (χ1) is 13.2. The molecule has 2 aromatic rings. The molecule has 2 aromatic carbocycles. The van der Waals surface area contributed by atoms with Gasteiger partial charge in [-0.1, -0.05) is 54.1 Å². The summed E-state index contributed by atoms with van der Waals surface area (Å²) in [6.45, 7) is 5.16. The van der Waals surface area contributed by atoms with E-state index < -0.39 is 29.5 Å². The highest BCUT2D eigenvalue weighted by molar-refractivity contribution is 6.30. The highest BCUT2D eigenvalue weighted by Crippen LogP contribution is 2.17. The van der Waals surface area contributed by atoms with E-state index in [0.29, 0.717) is 0 Å². The molecule has 28 heavy (non-hydrogen) atoms. The Morgan fingerprint density at radius 1 is 1.11 bits per heavy atom. The summed E-state index contributed by atoms with van der Waals surface area (Å²) in [7, 11) is 0.